The molecule has 0 spiro atoms. The summed E-state index contributed by atoms with van der Waals surface area (Å²) < 4.78 is 31.8. The average molecular weight is 981 g/mol. The zero-order valence-corrected chi connectivity index (χ0v) is 41.5. The molecule has 1 amide bonds. The molecule has 2 aliphatic heterocycles. The van der Waals surface area contributed by atoms with Gasteiger partial charge < -0.3 is 39.0 Å². The lowest BCUT2D eigenvalue weighted by Gasteiger charge is -2.63. The van der Waals surface area contributed by atoms with Gasteiger partial charge in [-0.2, -0.15) is 5.26 Å². The molecule has 1 saturated heterocycles. The summed E-state index contributed by atoms with van der Waals surface area (Å²) in [6.45, 7) is 18.3. The summed E-state index contributed by atoms with van der Waals surface area (Å²) in [4.78, 5) is 42.6. The summed E-state index contributed by atoms with van der Waals surface area (Å²) in [5.41, 5.74) is 3.62. The van der Waals surface area contributed by atoms with Crippen molar-refractivity contribution in [2.24, 2.45) is 15.8 Å². The number of anilines is 1. The second-order valence-corrected chi connectivity index (χ2v) is 20.3. The van der Waals surface area contributed by atoms with Crippen molar-refractivity contribution in [2.75, 3.05) is 57.6 Å². The number of carbonyl (C=O) groups excluding carboxylic acids is 1. The van der Waals surface area contributed by atoms with Gasteiger partial charge in [-0.05, 0) is 75.6 Å². The molecule has 2 aromatic carbocycles. The summed E-state index contributed by atoms with van der Waals surface area (Å²) >= 11 is 7.87. The normalized spacial score (nSPS) is 19.3. The third kappa shape index (κ3) is 10.6. The fourth-order valence-corrected chi connectivity index (χ4v) is 11.3. The Labute approximate surface area is 410 Å². The number of amides is 1. The van der Waals surface area contributed by atoms with Gasteiger partial charge >= 0.3 is 5.97 Å². The standard InChI is InChI=1S/C50H58ClN9O8S/c1-29-30(2)69-45-41(29)42(55-39(25-40(61)62)43-58-57-31(3)60(43)45)32-8-11-35(12-9-32)66-22-20-64-18-19-65-21-23-67-36-14-16-59(17-15-36)48-53-27-34(28-54-48)44(63)56-46-49(4,5)47(50(46,6)7)68-37-13-10-33(26-52)38(51)24-37/h8-13,24,27-28,36,39,46-47H,14-23,25H2,1-7H3,(H,56,63)(H,61,62)/t39-,46?,47?/m0/s1. The molecule has 8 rings (SSSR count). The van der Waals surface area contributed by atoms with Crippen LogP contribution in [0.15, 0.2) is 59.9 Å². The van der Waals surface area contributed by atoms with Crippen molar-refractivity contribution in [3.05, 3.63) is 104 Å². The van der Waals surface area contributed by atoms with E-state index in [1.807, 2.05) is 35.8 Å². The van der Waals surface area contributed by atoms with Crippen molar-refractivity contribution in [1.29, 1.82) is 5.26 Å². The van der Waals surface area contributed by atoms with Gasteiger partial charge in [-0.1, -0.05) is 39.3 Å². The Morgan fingerprint density at radius 3 is 2.22 bits per heavy atom. The van der Waals surface area contributed by atoms with E-state index in [-0.39, 0.29) is 30.6 Å². The number of nitrogens with zero attached hydrogens (tertiary/aromatic N) is 8. The molecule has 69 heavy (non-hydrogen) atoms. The molecule has 1 atom stereocenters. The Morgan fingerprint density at radius 1 is 0.913 bits per heavy atom. The van der Waals surface area contributed by atoms with Crippen molar-refractivity contribution in [2.45, 2.75) is 92.0 Å². The predicted molar refractivity (Wildman–Crippen MR) is 260 cm³/mol. The van der Waals surface area contributed by atoms with Gasteiger partial charge in [-0.3, -0.25) is 19.1 Å². The van der Waals surface area contributed by atoms with Crippen LogP contribution in [0.5, 0.6) is 11.5 Å². The fourth-order valence-electron chi connectivity index (χ4n) is 9.85. The van der Waals surface area contributed by atoms with E-state index in [0.29, 0.717) is 84.9 Å². The highest BCUT2D eigenvalue weighted by Crippen LogP contribution is 2.55. The molecule has 0 radical (unpaired) electrons. The van der Waals surface area contributed by atoms with Gasteiger partial charge in [0.2, 0.25) is 5.95 Å². The highest BCUT2D eigenvalue weighted by atomic mass is 35.5. The lowest BCUT2D eigenvalue weighted by atomic mass is 9.49. The minimum atomic E-state index is -0.956. The second-order valence-electron chi connectivity index (χ2n) is 18.7. The van der Waals surface area contributed by atoms with Crippen molar-refractivity contribution >= 4 is 46.5 Å². The molecule has 17 nitrogen and oxygen atoms in total. The maximum Gasteiger partial charge on any atom is 0.306 e. The minimum Gasteiger partial charge on any atom is -0.491 e. The Hall–Kier alpha value is -5.97. The number of nitrogens with one attached hydrogen (secondary N) is 1. The summed E-state index contributed by atoms with van der Waals surface area (Å²) in [5.74, 6) is 1.85. The van der Waals surface area contributed by atoms with Crippen molar-refractivity contribution in [3.63, 3.8) is 0 Å². The maximum absolute atomic E-state index is 13.4. The van der Waals surface area contributed by atoms with E-state index in [1.54, 1.807) is 41.9 Å². The van der Waals surface area contributed by atoms with Crippen molar-refractivity contribution in [1.82, 2.24) is 30.0 Å². The number of carboxylic acid groups (broad SMARTS) is 1. The summed E-state index contributed by atoms with van der Waals surface area (Å²) in [7, 11) is 0. The lowest BCUT2D eigenvalue weighted by Crippen LogP contribution is -2.74. The van der Waals surface area contributed by atoms with Gasteiger partial charge in [0.1, 0.15) is 47.1 Å². The minimum absolute atomic E-state index is 0.107. The van der Waals surface area contributed by atoms with E-state index >= 15 is 0 Å². The number of rotatable bonds is 19. The van der Waals surface area contributed by atoms with Crippen LogP contribution in [0, 0.1) is 42.9 Å². The molecule has 0 bridgehead atoms. The zero-order valence-electron chi connectivity index (χ0n) is 40.0. The highest BCUT2D eigenvalue weighted by molar-refractivity contribution is 7.15. The predicted octanol–water partition coefficient (Wildman–Crippen LogP) is 7.65. The second kappa shape index (κ2) is 20.9. The molecule has 2 fully saturated rings. The first-order valence-electron chi connectivity index (χ1n) is 23.1. The zero-order chi connectivity index (χ0) is 49.0. The van der Waals surface area contributed by atoms with E-state index in [4.69, 9.17) is 40.3 Å². The van der Waals surface area contributed by atoms with Gasteiger partial charge in [-0.25, -0.2) is 9.97 Å². The first kappa shape index (κ1) is 49.5. The molecular formula is C50H58ClN9O8S. The molecule has 364 valence electrons. The molecule has 19 heteroatoms. The number of nitriles is 1. The highest BCUT2D eigenvalue weighted by Gasteiger charge is 2.64. The number of halogens is 1. The Kier molecular flexibility index (Phi) is 15.0. The van der Waals surface area contributed by atoms with Gasteiger partial charge in [0.15, 0.2) is 5.82 Å². The maximum atomic E-state index is 13.4. The van der Waals surface area contributed by atoms with Crippen LogP contribution in [0.1, 0.15) is 102 Å². The first-order chi connectivity index (χ1) is 33.1. The van der Waals surface area contributed by atoms with Crippen LogP contribution in [-0.4, -0.2) is 118 Å². The number of carbonyl (C=O) groups is 2. The van der Waals surface area contributed by atoms with Crippen LogP contribution in [0.25, 0.3) is 5.00 Å². The van der Waals surface area contributed by atoms with E-state index in [9.17, 15) is 20.0 Å². The quantitative estimate of drug-likeness (QED) is 0.0763. The molecule has 0 unspecified atom stereocenters. The van der Waals surface area contributed by atoms with E-state index in [1.165, 1.54) is 0 Å². The van der Waals surface area contributed by atoms with Gasteiger partial charge in [0.05, 0.1) is 67.4 Å². The Morgan fingerprint density at radius 2 is 1.57 bits per heavy atom. The van der Waals surface area contributed by atoms with E-state index in [2.05, 4.69) is 78.0 Å². The number of aryl methyl sites for hydroxylation is 2. The lowest BCUT2D eigenvalue weighted by molar-refractivity contribution is -0.164. The number of benzene rings is 2. The largest absolute Gasteiger partial charge is 0.491 e. The number of ether oxygens (including phenoxy) is 5. The number of hydrogen-bond acceptors (Lipinski definition) is 15. The Balaban J connectivity index is 0.701. The van der Waals surface area contributed by atoms with Gasteiger partial charge in [0.25, 0.3) is 5.91 Å². The number of thiophene rings is 1. The van der Waals surface area contributed by atoms with Crippen LogP contribution < -0.4 is 19.7 Å². The van der Waals surface area contributed by atoms with Crippen LogP contribution in [0.3, 0.4) is 0 Å². The van der Waals surface area contributed by atoms with Gasteiger partial charge in [-0.15, -0.1) is 21.5 Å². The molecule has 3 aromatic heterocycles. The van der Waals surface area contributed by atoms with Crippen molar-refractivity contribution < 1.29 is 38.4 Å². The summed E-state index contributed by atoms with van der Waals surface area (Å²) in [6, 6.07) is 13.9. The third-order valence-corrected chi connectivity index (χ3v) is 14.7. The fraction of sp³-hybridized carbons (Fsp3) is 0.480. The topological polar surface area (TPSA) is 208 Å². The number of aromatic nitrogens is 5. The van der Waals surface area contributed by atoms with Crippen LogP contribution >= 0.6 is 22.9 Å². The number of carboxylic acids is 1. The molecule has 1 aliphatic carbocycles. The molecule has 2 N–H and O–H groups in total. The van der Waals surface area contributed by atoms with Crippen molar-refractivity contribution in [3.8, 4) is 22.6 Å². The number of aliphatic carboxylic acids is 1. The third-order valence-electron chi connectivity index (χ3n) is 13.2. The van der Waals surface area contributed by atoms with Crippen LogP contribution in [0.2, 0.25) is 5.02 Å². The molecule has 3 aliphatic rings. The van der Waals surface area contributed by atoms with E-state index in [0.717, 1.165) is 58.2 Å². The van der Waals surface area contributed by atoms with E-state index < -0.39 is 22.8 Å². The molecule has 5 aromatic rings. The SMILES string of the molecule is Cc1sc2c(c1C)C(c1ccc(OCCOCCOCCOC3CCN(c4ncc(C(=O)NC5C(C)(C)C(Oc6ccc(C#N)c(Cl)c6)C5(C)C)cn4)CC3)cc1)=N[C@@H](CC(=O)O)c1nnc(C)n1-2. The number of hydrogen-bond donors (Lipinski definition) is 2. The molecule has 5 heterocycles. The summed E-state index contributed by atoms with van der Waals surface area (Å²) in [6.07, 6.45) is 4.49. The van der Waals surface area contributed by atoms with Gasteiger partial charge in [0, 0.05) is 64.4 Å². The number of piperidine rings is 1. The van der Waals surface area contributed by atoms with Crippen LogP contribution in [-0.2, 0) is 19.0 Å². The number of fused-ring (bicyclic) bond motifs is 3. The monoisotopic (exact) mass is 979 g/mol. The average Bonchev–Trinajstić information content (AvgIpc) is 3.81. The number of aliphatic imine (C=N–C) groups is 1. The smallest absolute Gasteiger partial charge is 0.306 e. The first-order valence-corrected chi connectivity index (χ1v) is 24.3. The van der Waals surface area contributed by atoms with Crippen LogP contribution in [0.4, 0.5) is 5.95 Å². The Bertz CT molecular complexity index is 2710. The molecule has 1 saturated carbocycles. The molecular weight excluding hydrogens is 922 g/mol. The summed E-state index contributed by atoms with van der Waals surface area (Å²) in [5, 5.41) is 32.0.